The van der Waals surface area contributed by atoms with E-state index in [0.717, 1.165) is 6.07 Å². The Morgan fingerprint density at radius 1 is 1.38 bits per heavy atom. The molecule has 0 radical (unpaired) electrons. The largest absolute Gasteiger partial charge is 0.388 e. The van der Waals surface area contributed by atoms with Crippen molar-refractivity contribution in [2.75, 3.05) is 4.72 Å². The van der Waals surface area contributed by atoms with Crippen molar-refractivity contribution in [3.05, 3.63) is 52.5 Å². The van der Waals surface area contributed by atoms with Crippen LogP contribution in [0.3, 0.4) is 0 Å². The lowest BCUT2D eigenvalue weighted by Crippen LogP contribution is -2.21. The maximum absolute atomic E-state index is 13.4. The summed E-state index contributed by atoms with van der Waals surface area (Å²) in [6, 6.07) is 6.63. The summed E-state index contributed by atoms with van der Waals surface area (Å²) in [7, 11) is -3.98. The lowest BCUT2D eigenvalue weighted by atomic mass is 10.3. The first-order valence-electron chi connectivity index (χ1n) is 5.54. The number of benzene rings is 1. The van der Waals surface area contributed by atoms with Gasteiger partial charge in [-0.25, -0.2) is 12.8 Å². The Kier molecular flexibility index (Phi) is 4.55. The molecule has 2 rings (SSSR count). The van der Waals surface area contributed by atoms with E-state index in [1.807, 2.05) is 0 Å². The summed E-state index contributed by atoms with van der Waals surface area (Å²) in [4.78, 5) is 3.54. The number of aromatic nitrogens is 1. The molecule has 0 aliphatic carbocycles. The van der Waals surface area contributed by atoms with Gasteiger partial charge in [0.1, 0.15) is 21.4 Å². The predicted molar refractivity (Wildman–Crippen MR) is 85.0 cm³/mol. The second-order valence-corrected chi connectivity index (χ2v) is 6.89. The molecule has 1 aromatic carbocycles. The molecule has 0 unspecified atom stereocenters. The molecule has 1 heterocycles. The van der Waals surface area contributed by atoms with Gasteiger partial charge >= 0.3 is 0 Å². The highest BCUT2D eigenvalue weighted by Crippen LogP contribution is 2.22. The van der Waals surface area contributed by atoms with Gasteiger partial charge in [-0.05, 0) is 46.3 Å². The van der Waals surface area contributed by atoms with Crippen LogP contribution in [0.15, 0.2) is 45.9 Å². The lowest BCUT2D eigenvalue weighted by Gasteiger charge is -2.11. The van der Waals surface area contributed by atoms with E-state index < -0.39 is 15.8 Å². The van der Waals surface area contributed by atoms with Crippen LogP contribution in [0.2, 0.25) is 0 Å². The summed E-state index contributed by atoms with van der Waals surface area (Å²) < 4.78 is 40.6. The molecule has 0 atom stereocenters. The van der Waals surface area contributed by atoms with Gasteiger partial charge in [0, 0.05) is 6.20 Å². The summed E-state index contributed by atoms with van der Waals surface area (Å²) in [5.74, 6) is -0.587. The third-order valence-corrected chi connectivity index (χ3v) is 4.71. The maximum Gasteiger partial charge on any atom is 0.264 e. The number of hydrogen-bond acceptors (Lipinski definition) is 4. The van der Waals surface area contributed by atoms with Crippen molar-refractivity contribution in [2.24, 2.45) is 5.73 Å². The average Bonchev–Trinajstić information content (AvgIpc) is 2.42. The number of thiocarbonyl (C=S) groups is 1. The molecule has 9 heteroatoms. The molecule has 0 aliphatic rings. The van der Waals surface area contributed by atoms with Crippen molar-refractivity contribution in [1.29, 1.82) is 0 Å². The standard InChI is InChI=1S/C12H9BrFN3O2S2/c13-8-4-3-7(6-9(8)14)17-21(18,19)10-2-1-5-16-11(10)12(15)20/h1-6,17H,(H2,15,20). The van der Waals surface area contributed by atoms with E-state index >= 15 is 0 Å². The predicted octanol–water partition coefficient (Wildman–Crippen LogP) is 2.42. The Labute approximate surface area is 134 Å². The molecule has 0 bridgehead atoms. The second-order valence-electron chi connectivity index (χ2n) is 3.95. The quantitative estimate of drug-likeness (QED) is 0.784. The number of halogens is 2. The number of hydrogen-bond donors (Lipinski definition) is 2. The lowest BCUT2D eigenvalue weighted by molar-refractivity contribution is 0.600. The van der Waals surface area contributed by atoms with Crippen molar-refractivity contribution < 1.29 is 12.8 Å². The van der Waals surface area contributed by atoms with Gasteiger partial charge in [0.25, 0.3) is 10.0 Å². The van der Waals surface area contributed by atoms with Crippen molar-refractivity contribution in [3.8, 4) is 0 Å². The fraction of sp³-hybridized carbons (Fsp3) is 0. The van der Waals surface area contributed by atoms with Gasteiger partial charge < -0.3 is 5.73 Å². The minimum Gasteiger partial charge on any atom is -0.388 e. The van der Waals surface area contributed by atoms with Gasteiger partial charge in [-0.1, -0.05) is 12.2 Å². The van der Waals surface area contributed by atoms with Crippen LogP contribution < -0.4 is 10.5 Å². The fourth-order valence-corrected chi connectivity index (χ4v) is 3.26. The zero-order valence-electron chi connectivity index (χ0n) is 10.4. The van der Waals surface area contributed by atoms with Crippen LogP contribution in [0.4, 0.5) is 10.1 Å². The minimum absolute atomic E-state index is 0.0161. The Bertz CT molecular complexity index is 812. The highest BCUT2D eigenvalue weighted by atomic mass is 79.9. The van der Waals surface area contributed by atoms with Gasteiger partial charge in [0.2, 0.25) is 0 Å². The zero-order chi connectivity index (χ0) is 15.6. The van der Waals surface area contributed by atoms with E-state index in [9.17, 15) is 12.8 Å². The molecule has 21 heavy (non-hydrogen) atoms. The Morgan fingerprint density at radius 2 is 2.10 bits per heavy atom. The van der Waals surface area contributed by atoms with Crippen molar-refractivity contribution in [2.45, 2.75) is 4.90 Å². The van der Waals surface area contributed by atoms with Crippen LogP contribution in [0.1, 0.15) is 5.69 Å². The number of pyridine rings is 1. The van der Waals surface area contributed by atoms with Gasteiger partial charge in [0.15, 0.2) is 0 Å². The van der Waals surface area contributed by atoms with Crippen LogP contribution in [-0.4, -0.2) is 18.4 Å². The normalized spacial score (nSPS) is 11.1. The molecule has 0 saturated carbocycles. The van der Waals surface area contributed by atoms with E-state index in [1.165, 1.54) is 30.5 Å². The van der Waals surface area contributed by atoms with E-state index in [1.54, 1.807) is 0 Å². The summed E-state index contributed by atoms with van der Waals surface area (Å²) in [6.07, 6.45) is 1.38. The number of anilines is 1. The third kappa shape index (κ3) is 3.55. The first kappa shape index (κ1) is 15.8. The number of nitrogens with zero attached hydrogens (tertiary/aromatic N) is 1. The van der Waals surface area contributed by atoms with E-state index in [4.69, 9.17) is 18.0 Å². The van der Waals surface area contributed by atoms with Crippen LogP contribution in [-0.2, 0) is 10.0 Å². The smallest absolute Gasteiger partial charge is 0.264 e. The average molecular weight is 390 g/mol. The molecule has 0 amide bonds. The number of rotatable bonds is 4. The molecule has 5 nitrogen and oxygen atoms in total. The van der Waals surface area contributed by atoms with Crippen molar-refractivity contribution in [3.63, 3.8) is 0 Å². The molecule has 0 fully saturated rings. The fourth-order valence-electron chi connectivity index (χ4n) is 1.56. The van der Waals surface area contributed by atoms with Crippen LogP contribution in [0.5, 0.6) is 0 Å². The van der Waals surface area contributed by atoms with Gasteiger partial charge in [0.05, 0.1) is 10.2 Å². The van der Waals surface area contributed by atoms with E-state index in [-0.39, 0.29) is 25.7 Å². The molecule has 1 aromatic heterocycles. The van der Waals surface area contributed by atoms with Crippen molar-refractivity contribution >= 4 is 48.8 Å². The van der Waals surface area contributed by atoms with Crippen molar-refractivity contribution in [1.82, 2.24) is 4.98 Å². The van der Waals surface area contributed by atoms with Gasteiger partial charge in [-0.15, -0.1) is 0 Å². The number of sulfonamides is 1. The number of nitrogens with one attached hydrogen (secondary N) is 1. The Hall–Kier alpha value is -1.58. The molecule has 0 saturated heterocycles. The highest BCUT2D eigenvalue weighted by Gasteiger charge is 2.21. The molecular weight excluding hydrogens is 381 g/mol. The monoisotopic (exact) mass is 389 g/mol. The minimum atomic E-state index is -3.98. The topological polar surface area (TPSA) is 85.1 Å². The molecule has 2 aromatic rings. The Morgan fingerprint density at radius 3 is 2.71 bits per heavy atom. The third-order valence-electron chi connectivity index (χ3n) is 2.47. The SMILES string of the molecule is NC(=S)c1ncccc1S(=O)(=O)Nc1ccc(Br)c(F)c1. The molecular formula is C12H9BrFN3O2S2. The molecule has 110 valence electrons. The van der Waals surface area contributed by atoms with Crippen LogP contribution in [0, 0.1) is 5.82 Å². The number of nitrogens with two attached hydrogens (primary N) is 1. The van der Waals surface area contributed by atoms with Crippen LogP contribution in [0.25, 0.3) is 0 Å². The molecule has 0 aliphatic heterocycles. The Balaban J connectivity index is 2.43. The van der Waals surface area contributed by atoms with E-state index in [2.05, 4.69) is 25.6 Å². The maximum atomic E-state index is 13.4. The summed E-state index contributed by atoms with van der Waals surface area (Å²) in [5, 5.41) is 0. The van der Waals surface area contributed by atoms with Crippen LogP contribution >= 0.6 is 28.1 Å². The first-order valence-corrected chi connectivity index (χ1v) is 8.22. The van der Waals surface area contributed by atoms with E-state index in [0.29, 0.717) is 0 Å². The van der Waals surface area contributed by atoms with Gasteiger partial charge in [-0.3, -0.25) is 9.71 Å². The zero-order valence-corrected chi connectivity index (χ0v) is 13.6. The first-order chi connectivity index (χ1) is 9.81. The summed E-state index contributed by atoms with van der Waals surface area (Å²) >= 11 is 7.77. The molecule has 0 spiro atoms. The van der Waals surface area contributed by atoms with Gasteiger partial charge in [-0.2, -0.15) is 0 Å². The summed E-state index contributed by atoms with van der Waals surface area (Å²) in [6.45, 7) is 0. The second kappa shape index (κ2) is 6.04. The highest BCUT2D eigenvalue weighted by molar-refractivity contribution is 9.10. The molecule has 3 N–H and O–H groups in total. The summed E-state index contributed by atoms with van der Waals surface area (Å²) in [5.41, 5.74) is 5.52.